The Morgan fingerprint density at radius 1 is 0.870 bits per heavy atom. The summed E-state index contributed by atoms with van der Waals surface area (Å²) in [7, 11) is 1.43. The summed E-state index contributed by atoms with van der Waals surface area (Å²) in [6, 6.07) is 0. The minimum absolute atomic E-state index is 0.128. The lowest BCUT2D eigenvalue weighted by atomic mass is 10.0. The topological polar surface area (TPSA) is 43.4 Å². The lowest BCUT2D eigenvalue weighted by molar-refractivity contribution is -0.140. The fourth-order valence-corrected chi connectivity index (χ4v) is 3.36. The van der Waals surface area contributed by atoms with Gasteiger partial charge in [-0.2, -0.15) is 0 Å². The summed E-state index contributed by atoms with van der Waals surface area (Å²) in [5.74, 6) is 1.46. The van der Waals surface area contributed by atoms with Gasteiger partial charge in [0, 0.05) is 18.8 Å². The fourth-order valence-electron chi connectivity index (χ4n) is 3.36. The van der Waals surface area contributed by atoms with Crippen LogP contribution in [0.3, 0.4) is 0 Å². The van der Waals surface area contributed by atoms with Crippen LogP contribution in [-0.2, 0) is 14.3 Å². The van der Waals surface area contributed by atoms with Crippen LogP contribution in [0.1, 0.15) is 96.8 Å². The lowest BCUT2D eigenvalue weighted by Crippen LogP contribution is -2.03. The normalized spacial score (nSPS) is 19.6. The molecule has 134 valence electrons. The van der Waals surface area contributed by atoms with Crippen LogP contribution < -0.4 is 0 Å². The largest absolute Gasteiger partial charge is 0.469 e. The zero-order chi connectivity index (χ0) is 16.9. The summed E-state index contributed by atoms with van der Waals surface area (Å²) < 4.78 is 4.61. The summed E-state index contributed by atoms with van der Waals surface area (Å²) in [6.07, 6.45) is 15.7. The van der Waals surface area contributed by atoms with Gasteiger partial charge in [0.25, 0.3) is 0 Å². The number of Topliss-reactive ketones (excluding diaryl/α,β-unsaturated/α-hetero) is 1. The van der Waals surface area contributed by atoms with Crippen molar-refractivity contribution in [3.05, 3.63) is 0 Å². The number of methoxy groups -OCH3 is 1. The maximum Gasteiger partial charge on any atom is 0.305 e. The Balaban J connectivity index is 1.90. The van der Waals surface area contributed by atoms with Crippen molar-refractivity contribution >= 4 is 11.8 Å². The predicted octanol–water partition coefficient (Wildman–Crippen LogP) is 5.46. The Hall–Kier alpha value is -0.860. The number of hydrogen-bond acceptors (Lipinski definition) is 3. The molecule has 0 aromatic rings. The molecule has 1 saturated carbocycles. The van der Waals surface area contributed by atoms with Gasteiger partial charge in [0.05, 0.1) is 7.11 Å². The molecule has 2 atom stereocenters. The minimum Gasteiger partial charge on any atom is -0.469 e. The van der Waals surface area contributed by atoms with Crippen molar-refractivity contribution in [1.82, 2.24) is 0 Å². The highest BCUT2D eigenvalue weighted by Gasteiger charge is 2.40. The van der Waals surface area contributed by atoms with E-state index >= 15 is 0 Å². The van der Waals surface area contributed by atoms with Crippen LogP contribution in [-0.4, -0.2) is 18.9 Å². The van der Waals surface area contributed by atoms with E-state index in [0.29, 0.717) is 24.0 Å². The van der Waals surface area contributed by atoms with Crippen LogP contribution in [0.5, 0.6) is 0 Å². The van der Waals surface area contributed by atoms with Gasteiger partial charge in [0.1, 0.15) is 5.78 Å². The van der Waals surface area contributed by atoms with Crippen LogP contribution >= 0.6 is 0 Å². The number of rotatable bonds is 15. The summed E-state index contributed by atoms with van der Waals surface area (Å²) in [4.78, 5) is 23.1. The molecule has 0 amide bonds. The molecule has 1 aliphatic carbocycles. The molecular formula is C20H36O3. The van der Waals surface area contributed by atoms with Crippen LogP contribution in [0.25, 0.3) is 0 Å². The van der Waals surface area contributed by atoms with E-state index in [1.165, 1.54) is 52.1 Å². The van der Waals surface area contributed by atoms with Crippen LogP contribution in [0.4, 0.5) is 0 Å². The number of unbranched alkanes of at least 4 members (excludes halogenated alkanes) is 8. The van der Waals surface area contributed by atoms with Crippen molar-refractivity contribution in [2.24, 2.45) is 11.8 Å². The first-order valence-corrected chi connectivity index (χ1v) is 9.78. The van der Waals surface area contributed by atoms with Gasteiger partial charge in [-0.3, -0.25) is 9.59 Å². The van der Waals surface area contributed by atoms with Crippen LogP contribution in [0.2, 0.25) is 0 Å². The van der Waals surface area contributed by atoms with E-state index < -0.39 is 0 Å². The number of carbonyl (C=O) groups excluding carboxylic acids is 2. The van der Waals surface area contributed by atoms with Gasteiger partial charge in [0.15, 0.2) is 0 Å². The molecule has 1 rings (SSSR count). The number of esters is 1. The molecule has 0 saturated heterocycles. The smallest absolute Gasteiger partial charge is 0.305 e. The van der Waals surface area contributed by atoms with E-state index in [9.17, 15) is 9.59 Å². The third-order valence-corrected chi connectivity index (χ3v) is 5.05. The molecule has 3 nitrogen and oxygen atoms in total. The highest BCUT2D eigenvalue weighted by Crippen LogP contribution is 2.44. The highest BCUT2D eigenvalue weighted by molar-refractivity contribution is 5.83. The summed E-state index contributed by atoms with van der Waals surface area (Å²) in [5.41, 5.74) is 0. The molecule has 0 bridgehead atoms. The fraction of sp³-hybridized carbons (Fsp3) is 0.900. The maximum atomic E-state index is 12.1. The van der Waals surface area contributed by atoms with Crippen molar-refractivity contribution in [3.63, 3.8) is 0 Å². The zero-order valence-electron chi connectivity index (χ0n) is 15.3. The first-order valence-electron chi connectivity index (χ1n) is 9.78. The Bertz CT molecular complexity index is 338. The highest BCUT2D eigenvalue weighted by atomic mass is 16.5. The van der Waals surface area contributed by atoms with Gasteiger partial charge >= 0.3 is 5.97 Å². The lowest BCUT2D eigenvalue weighted by Gasteiger charge is -2.02. The number of ether oxygens (including phenoxy) is 1. The molecule has 0 spiro atoms. The average Bonchev–Trinajstić information content (AvgIpc) is 3.33. The van der Waals surface area contributed by atoms with Gasteiger partial charge in [-0.25, -0.2) is 0 Å². The SMILES string of the molecule is CCCCCCCC[C@H]1C[C@H]1C(=O)CCCCCCC(=O)OC. The zero-order valence-corrected chi connectivity index (χ0v) is 15.3. The molecular weight excluding hydrogens is 288 g/mol. The number of carbonyl (C=O) groups is 2. The van der Waals surface area contributed by atoms with Crippen molar-refractivity contribution in [3.8, 4) is 0 Å². The Labute approximate surface area is 142 Å². The van der Waals surface area contributed by atoms with E-state index in [1.807, 2.05) is 0 Å². The molecule has 1 aliphatic rings. The molecule has 0 unspecified atom stereocenters. The van der Waals surface area contributed by atoms with Gasteiger partial charge in [0.2, 0.25) is 0 Å². The third-order valence-electron chi connectivity index (χ3n) is 5.05. The Morgan fingerprint density at radius 3 is 2.17 bits per heavy atom. The second-order valence-corrected chi connectivity index (χ2v) is 7.12. The third kappa shape index (κ3) is 9.78. The van der Waals surface area contributed by atoms with Crippen molar-refractivity contribution in [1.29, 1.82) is 0 Å². The van der Waals surface area contributed by atoms with Crippen molar-refractivity contribution < 1.29 is 14.3 Å². The Morgan fingerprint density at radius 2 is 1.48 bits per heavy atom. The molecule has 23 heavy (non-hydrogen) atoms. The van der Waals surface area contributed by atoms with E-state index in [1.54, 1.807) is 0 Å². The molecule has 0 aromatic heterocycles. The van der Waals surface area contributed by atoms with E-state index in [2.05, 4.69) is 11.7 Å². The number of hydrogen-bond donors (Lipinski definition) is 0. The van der Waals surface area contributed by atoms with Gasteiger partial charge in [-0.15, -0.1) is 0 Å². The minimum atomic E-state index is -0.128. The molecule has 0 aliphatic heterocycles. The maximum absolute atomic E-state index is 12.1. The van der Waals surface area contributed by atoms with Gasteiger partial charge in [-0.1, -0.05) is 58.3 Å². The monoisotopic (exact) mass is 324 g/mol. The second kappa shape index (κ2) is 12.5. The first kappa shape index (κ1) is 20.2. The van der Waals surface area contributed by atoms with Gasteiger partial charge in [-0.05, 0) is 31.6 Å². The van der Waals surface area contributed by atoms with Crippen molar-refractivity contribution in [2.45, 2.75) is 96.8 Å². The molecule has 0 N–H and O–H groups in total. The molecule has 0 radical (unpaired) electrons. The summed E-state index contributed by atoms with van der Waals surface area (Å²) in [6.45, 7) is 2.25. The molecule has 0 heterocycles. The van der Waals surface area contributed by atoms with Crippen LogP contribution in [0, 0.1) is 11.8 Å². The second-order valence-electron chi connectivity index (χ2n) is 7.12. The number of ketones is 1. The van der Waals surface area contributed by atoms with Crippen LogP contribution in [0.15, 0.2) is 0 Å². The average molecular weight is 325 g/mol. The molecule has 3 heteroatoms. The van der Waals surface area contributed by atoms with Gasteiger partial charge < -0.3 is 4.74 Å². The van der Waals surface area contributed by atoms with E-state index in [-0.39, 0.29) is 5.97 Å². The summed E-state index contributed by atoms with van der Waals surface area (Å²) >= 11 is 0. The quantitative estimate of drug-likeness (QED) is 0.297. The van der Waals surface area contributed by atoms with Crippen molar-refractivity contribution in [2.75, 3.05) is 7.11 Å². The van der Waals surface area contributed by atoms with E-state index in [0.717, 1.165) is 38.5 Å². The molecule has 0 aromatic carbocycles. The first-order chi connectivity index (χ1) is 11.2. The predicted molar refractivity (Wildman–Crippen MR) is 94.3 cm³/mol. The standard InChI is InChI=1S/C20H36O3/c1-3-4-5-6-7-10-13-17-16-18(17)19(21)14-11-8-9-12-15-20(22)23-2/h17-18H,3-16H2,1-2H3/t17-,18+/m0/s1. The van der Waals surface area contributed by atoms with E-state index in [4.69, 9.17) is 0 Å². The molecule has 1 fully saturated rings. The summed E-state index contributed by atoms with van der Waals surface area (Å²) in [5, 5.41) is 0. The Kier molecular flexibility index (Phi) is 11.0.